The number of benzene rings is 1. The molecule has 3 heterocycles. The molecule has 0 aliphatic carbocycles. The van der Waals surface area contributed by atoms with E-state index in [-0.39, 0.29) is 6.04 Å². The van der Waals surface area contributed by atoms with Gasteiger partial charge < -0.3 is 10.6 Å². The molecule has 0 spiro atoms. The van der Waals surface area contributed by atoms with Crippen molar-refractivity contribution in [2.24, 2.45) is 12.8 Å². The van der Waals surface area contributed by atoms with Crippen LogP contribution in [0.2, 0.25) is 0 Å². The summed E-state index contributed by atoms with van der Waals surface area (Å²) >= 11 is 0. The number of imidazole rings is 1. The van der Waals surface area contributed by atoms with E-state index < -0.39 is 11.2 Å². The van der Waals surface area contributed by atoms with Gasteiger partial charge in [0.15, 0.2) is 11.2 Å². The van der Waals surface area contributed by atoms with Gasteiger partial charge in [0.25, 0.3) is 5.56 Å². The van der Waals surface area contributed by atoms with E-state index in [4.69, 9.17) is 5.73 Å². The molecule has 0 amide bonds. The molecule has 1 atom stereocenters. The van der Waals surface area contributed by atoms with Gasteiger partial charge in [0.05, 0.1) is 18.2 Å². The fourth-order valence-corrected chi connectivity index (χ4v) is 3.74. The highest BCUT2D eigenvalue weighted by molar-refractivity contribution is 5.74. The smallest absolute Gasteiger partial charge is 0.329 e. The quantitative estimate of drug-likeness (QED) is 0.673. The van der Waals surface area contributed by atoms with E-state index in [0.29, 0.717) is 35.8 Å². The fourth-order valence-electron chi connectivity index (χ4n) is 3.74. The van der Waals surface area contributed by atoms with Crippen molar-refractivity contribution >= 4 is 17.1 Å². The van der Waals surface area contributed by atoms with E-state index in [2.05, 4.69) is 16.0 Å². The van der Waals surface area contributed by atoms with Gasteiger partial charge in [-0.05, 0) is 24.5 Å². The molecule has 1 saturated heterocycles. The number of nitrogens with two attached hydrogens (primary N) is 1. The summed E-state index contributed by atoms with van der Waals surface area (Å²) in [5.41, 5.74) is 7.08. The lowest BCUT2D eigenvalue weighted by Crippen LogP contribution is -2.44. The minimum Gasteiger partial charge on any atom is -0.341 e. The van der Waals surface area contributed by atoms with Crippen LogP contribution < -0.4 is 21.9 Å². The predicted octanol–water partition coefficient (Wildman–Crippen LogP) is 0.271. The van der Waals surface area contributed by atoms with Crippen molar-refractivity contribution in [3.05, 3.63) is 56.2 Å². The highest BCUT2D eigenvalue weighted by Gasteiger charge is 2.25. The third kappa shape index (κ3) is 2.97. The Labute approximate surface area is 160 Å². The van der Waals surface area contributed by atoms with E-state index >= 15 is 0 Å². The first-order valence-corrected chi connectivity index (χ1v) is 9.17. The Balaban J connectivity index is 1.95. The van der Waals surface area contributed by atoms with Crippen molar-refractivity contribution in [1.29, 1.82) is 5.26 Å². The topological polar surface area (TPSA) is 126 Å². The Morgan fingerprint density at radius 2 is 2.14 bits per heavy atom. The zero-order chi connectivity index (χ0) is 19.8. The number of nitrogens with one attached hydrogen (secondary N) is 1. The van der Waals surface area contributed by atoms with Crippen molar-refractivity contribution in [2.75, 3.05) is 18.0 Å². The summed E-state index contributed by atoms with van der Waals surface area (Å²) in [5, 5.41) is 9.43. The lowest BCUT2D eigenvalue weighted by molar-refractivity contribution is 0.495. The molecule has 4 rings (SSSR count). The first kappa shape index (κ1) is 18.0. The van der Waals surface area contributed by atoms with Crippen molar-refractivity contribution in [3.63, 3.8) is 0 Å². The third-order valence-corrected chi connectivity index (χ3v) is 5.19. The summed E-state index contributed by atoms with van der Waals surface area (Å²) in [6, 6.07) is 9.46. The number of nitriles is 1. The second kappa shape index (κ2) is 6.98. The molecule has 0 bridgehead atoms. The molecular weight excluding hydrogens is 358 g/mol. The highest BCUT2D eigenvalue weighted by Crippen LogP contribution is 2.24. The average Bonchev–Trinajstić information content (AvgIpc) is 3.06. The van der Waals surface area contributed by atoms with Gasteiger partial charge in [-0.15, -0.1) is 0 Å². The summed E-state index contributed by atoms with van der Waals surface area (Å²) in [5.74, 6) is 0.588. The van der Waals surface area contributed by atoms with Gasteiger partial charge in [-0.1, -0.05) is 18.2 Å². The molecular formula is C19H21N7O2. The number of nitrogens with zero attached hydrogens (tertiary/aromatic N) is 5. The van der Waals surface area contributed by atoms with Crippen LogP contribution in [0.4, 0.5) is 5.95 Å². The summed E-state index contributed by atoms with van der Waals surface area (Å²) in [6.45, 7) is 1.68. The maximum absolute atomic E-state index is 12.6. The zero-order valence-electron chi connectivity index (χ0n) is 15.6. The summed E-state index contributed by atoms with van der Waals surface area (Å²) in [4.78, 5) is 33.7. The number of anilines is 1. The molecule has 9 heteroatoms. The van der Waals surface area contributed by atoms with Crippen LogP contribution in [-0.2, 0) is 13.6 Å². The van der Waals surface area contributed by atoms with Crippen molar-refractivity contribution in [3.8, 4) is 6.07 Å². The zero-order valence-corrected chi connectivity index (χ0v) is 15.6. The number of aromatic nitrogens is 4. The highest BCUT2D eigenvalue weighted by atomic mass is 16.2. The minimum absolute atomic E-state index is 0.0236. The molecule has 2 aromatic heterocycles. The fraction of sp³-hybridized carbons (Fsp3) is 0.368. The largest absolute Gasteiger partial charge is 0.341 e. The lowest BCUT2D eigenvalue weighted by Gasteiger charge is -2.31. The number of rotatable bonds is 3. The molecule has 1 aromatic carbocycles. The Bertz CT molecular complexity index is 1200. The van der Waals surface area contributed by atoms with Crippen LogP contribution in [0, 0.1) is 11.3 Å². The molecule has 1 aliphatic heterocycles. The number of hydrogen-bond acceptors (Lipinski definition) is 6. The second-order valence-corrected chi connectivity index (χ2v) is 7.11. The Morgan fingerprint density at radius 1 is 1.36 bits per heavy atom. The molecule has 144 valence electrons. The van der Waals surface area contributed by atoms with Gasteiger partial charge >= 0.3 is 5.69 Å². The normalized spacial score (nSPS) is 17.0. The number of fused-ring (bicyclic) bond motifs is 1. The van der Waals surface area contributed by atoms with Crippen LogP contribution in [0.15, 0.2) is 33.9 Å². The first-order chi connectivity index (χ1) is 13.5. The number of aromatic amines is 1. The minimum atomic E-state index is -0.513. The molecule has 3 N–H and O–H groups in total. The van der Waals surface area contributed by atoms with Crippen molar-refractivity contribution in [2.45, 2.75) is 25.4 Å². The second-order valence-electron chi connectivity index (χ2n) is 7.11. The molecule has 0 radical (unpaired) electrons. The van der Waals surface area contributed by atoms with Gasteiger partial charge in [-0.2, -0.15) is 10.2 Å². The van der Waals surface area contributed by atoms with Crippen LogP contribution in [0.5, 0.6) is 0 Å². The van der Waals surface area contributed by atoms with Crippen molar-refractivity contribution in [1.82, 2.24) is 19.1 Å². The van der Waals surface area contributed by atoms with Crippen LogP contribution in [-0.4, -0.2) is 38.2 Å². The summed E-state index contributed by atoms with van der Waals surface area (Å²) in [6.07, 6.45) is 1.86. The number of piperidine rings is 1. The molecule has 28 heavy (non-hydrogen) atoms. The maximum Gasteiger partial charge on any atom is 0.329 e. The number of H-pyrrole nitrogens is 1. The molecule has 0 saturated carbocycles. The predicted molar refractivity (Wildman–Crippen MR) is 105 cm³/mol. The first-order valence-electron chi connectivity index (χ1n) is 9.17. The van der Waals surface area contributed by atoms with Crippen LogP contribution >= 0.6 is 0 Å². The van der Waals surface area contributed by atoms with Crippen LogP contribution in [0.1, 0.15) is 24.0 Å². The average molecular weight is 379 g/mol. The van der Waals surface area contributed by atoms with Gasteiger partial charge in [0.1, 0.15) is 0 Å². The van der Waals surface area contributed by atoms with E-state index in [1.54, 1.807) is 23.7 Å². The molecule has 1 fully saturated rings. The SMILES string of the molecule is Cn1c(=O)[nH]c(=O)c2c1nc(N1CCC[C@@H](N)C1)n2Cc1ccccc1C#N. The van der Waals surface area contributed by atoms with Gasteiger partial charge in [0, 0.05) is 26.2 Å². The van der Waals surface area contributed by atoms with E-state index in [9.17, 15) is 14.9 Å². The van der Waals surface area contributed by atoms with E-state index in [0.717, 1.165) is 24.9 Å². The van der Waals surface area contributed by atoms with Crippen LogP contribution in [0.3, 0.4) is 0 Å². The molecule has 1 aliphatic rings. The van der Waals surface area contributed by atoms with Gasteiger partial charge in [-0.25, -0.2) is 4.79 Å². The Morgan fingerprint density at radius 3 is 2.89 bits per heavy atom. The monoisotopic (exact) mass is 379 g/mol. The molecule has 9 nitrogen and oxygen atoms in total. The Hall–Kier alpha value is -3.38. The molecule has 3 aromatic rings. The lowest BCUT2D eigenvalue weighted by atomic mass is 10.1. The van der Waals surface area contributed by atoms with E-state index in [1.807, 2.05) is 17.0 Å². The standard InChI is InChI=1S/C19H21N7O2/c1-24-16-15(17(27)23-19(24)28)26(10-13-6-3-2-5-12(13)9-20)18(22-16)25-8-4-7-14(21)11-25/h2-3,5-6,14H,4,7-8,10-11,21H2,1H3,(H,23,27,28)/t14-/m1/s1. The van der Waals surface area contributed by atoms with E-state index in [1.165, 1.54) is 4.57 Å². The van der Waals surface area contributed by atoms with Gasteiger partial charge in [0.2, 0.25) is 5.95 Å². The Kier molecular flexibility index (Phi) is 4.49. The number of aryl methyl sites for hydroxylation is 1. The summed E-state index contributed by atoms with van der Waals surface area (Å²) in [7, 11) is 1.58. The van der Waals surface area contributed by atoms with Gasteiger partial charge in [-0.3, -0.25) is 18.9 Å². The third-order valence-electron chi connectivity index (χ3n) is 5.19. The van der Waals surface area contributed by atoms with Crippen LogP contribution in [0.25, 0.3) is 11.2 Å². The van der Waals surface area contributed by atoms with Crippen molar-refractivity contribution < 1.29 is 0 Å². The summed E-state index contributed by atoms with van der Waals surface area (Å²) < 4.78 is 3.11. The maximum atomic E-state index is 12.6. The number of hydrogen-bond donors (Lipinski definition) is 2. The molecule has 0 unspecified atom stereocenters.